The number of ether oxygens (including phenoxy) is 1. The second-order valence-electron chi connectivity index (χ2n) is 6.44. The number of piperazine rings is 1. The largest absolute Gasteiger partial charge is 0.491 e. The first kappa shape index (κ1) is 19.7. The molecule has 0 radical (unpaired) electrons. The van der Waals surface area contributed by atoms with Gasteiger partial charge in [0.2, 0.25) is 5.91 Å². The number of hydrogen-bond acceptors (Lipinski definition) is 4. The molecule has 0 bridgehead atoms. The maximum Gasteiger partial charge on any atom is 0.246 e. The Kier molecular flexibility index (Phi) is 6.13. The molecule has 1 aromatic heterocycles. The first-order valence-corrected chi connectivity index (χ1v) is 9.17. The molecule has 1 aliphatic heterocycles. The van der Waals surface area contributed by atoms with Gasteiger partial charge in [-0.2, -0.15) is 5.10 Å². The van der Waals surface area contributed by atoms with E-state index in [0.29, 0.717) is 32.2 Å². The van der Waals surface area contributed by atoms with Crippen molar-refractivity contribution in [3.8, 4) is 5.75 Å². The van der Waals surface area contributed by atoms with Crippen LogP contribution >= 0.6 is 0 Å². The third-order valence-corrected chi connectivity index (χ3v) is 4.48. The first-order valence-electron chi connectivity index (χ1n) is 9.17. The van der Waals surface area contributed by atoms with Gasteiger partial charge in [0.1, 0.15) is 6.54 Å². The summed E-state index contributed by atoms with van der Waals surface area (Å²) in [6.45, 7) is 4.02. The van der Waals surface area contributed by atoms with E-state index in [1.165, 1.54) is 6.07 Å². The molecule has 0 saturated carbocycles. The molecule has 0 spiro atoms. The van der Waals surface area contributed by atoms with Gasteiger partial charge in [-0.1, -0.05) is 6.07 Å². The molecule has 1 N–H and O–H groups in total. The first-order chi connectivity index (χ1) is 13.5. The molecule has 1 amide bonds. The van der Waals surface area contributed by atoms with Crippen LogP contribution in [-0.4, -0.2) is 59.8 Å². The predicted octanol–water partition coefficient (Wildman–Crippen LogP) is 1.38. The van der Waals surface area contributed by atoms with E-state index in [9.17, 15) is 9.18 Å². The van der Waals surface area contributed by atoms with Crippen LogP contribution in [0.25, 0.3) is 0 Å². The molecule has 1 aromatic carbocycles. The molecule has 2 heterocycles. The van der Waals surface area contributed by atoms with E-state index in [1.54, 1.807) is 35.0 Å². The van der Waals surface area contributed by atoms with Gasteiger partial charge in [-0.3, -0.25) is 14.5 Å². The highest BCUT2D eigenvalue weighted by Gasteiger charge is 2.27. The Morgan fingerprint density at radius 1 is 1.39 bits per heavy atom. The maximum atomic E-state index is 14.0. The number of anilines is 1. The van der Waals surface area contributed by atoms with Crippen LogP contribution < -0.4 is 15.0 Å². The van der Waals surface area contributed by atoms with Crippen molar-refractivity contribution in [3.63, 3.8) is 0 Å². The highest BCUT2D eigenvalue weighted by atomic mass is 19.1. The quantitative estimate of drug-likeness (QED) is 0.619. The van der Waals surface area contributed by atoms with Gasteiger partial charge in [0, 0.05) is 39.9 Å². The highest BCUT2D eigenvalue weighted by Crippen LogP contribution is 2.19. The summed E-state index contributed by atoms with van der Waals surface area (Å²) < 4.78 is 20.9. The van der Waals surface area contributed by atoms with Gasteiger partial charge < -0.3 is 19.9 Å². The summed E-state index contributed by atoms with van der Waals surface area (Å²) in [7, 11) is 3.48. The van der Waals surface area contributed by atoms with Gasteiger partial charge in [0.05, 0.1) is 18.5 Å². The van der Waals surface area contributed by atoms with Crippen molar-refractivity contribution in [3.05, 3.63) is 42.0 Å². The molecule has 3 rings (SSSR count). The molecule has 28 heavy (non-hydrogen) atoms. The topological polar surface area (TPSA) is 75.0 Å². The van der Waals surface area contributed by atoms with Crippen molar-refractivity contribution in [2.75, 3.05) is 38.2 Å². The van der Waals surface area contributed by atoms with E-state index in [0.717, 1.165) is 11.3 Å². The third-order valence-electron chi connectivity index (χ3n) is 4.48. The number of nitrogens with zero attached hydrogens (tertiary/aromatic N) is 5. The van der Waals surface area contributed by atoms with Crippen LogP contribution in [0.15, 0.2) is 35.6 Å². The lowest BCUT2D eigenvalue weighted by Crippen LogP contribution is -2.55. The Balaban J connectivity index is 1.59. The summed E-state index contributed by atoms with van der Waals surface area (Å²) in [5, 5.41) is 7.31. The fourth-order valence-corrected chi connectivity index (χ4v) is 3.11. The van der Waals surface area contributed by atoms with Gasteiger partial charge in [-0.05, 0) is 24.6 Å². The van der Waals surface area contributed by atoms with E-state index in [2.05, 4.69) is 15.4 Å². The lowest BCUT2D eigenvalue weighted by Gasteiger charge is -2.35. The second kappa shape index (κ2) is 8.73. The molecule has 2 aromatic rings. The number of carbonyl (C=O) groups is 1. The third kappa shape index (κ3) is 4.41. The number of amides is 1. The number of benzene rings is 1. The number of aromatic nitrogens is 2. The maximum absolute atomic E-state index is 14.0. The SMILES string of the molecule is CCOc1ccc(CNC(=NC)N2CCN(c3cnn(C)c3)C(=O)C2)cc1F. The molecule has 1 saturated heterocycles. The number of aliphatic imine (C=N–C) groups is 1. The average Bonchev–Trinajstić information content (AvgIpc) is 3.10. The Hall–Kier alpha value is -3.10. The number of nitrogens with one attached hydrogen (secondary N) is 1. The van der Waals surface area contributed by atoms with Crippen molar-refractivity contribution in [1.82, 2.24) is 20.0 Å². The number of guanidine groups is 1. The smallest absolute Gasteiger partial charge is 0.246 e. The van der Waals surface area contributed by atoms with E-state index < -0.39 is 5.82 Å². The number of carbonyl (C=O) groups excluding carboxylic acids is 1. The van der Waals surface area contributed by atoms with E-state index >= 15 is 0 Å². The fourth-order valence-electron chi connectivity index (χ4n) is 3.11. The molecular weight excluding hydrogens is 363 g/mol. The Bertz CT molecular complexity index is 866. The number of rotatable bonds is 5. The minimum atomic E-state index is -0.392. The molecule has 1 fully saturated rings. The van der Waals surface area contributed by atoms with Gasteiger partial charge in [0.25, 0.3) is 0 Å². The van der Waals surface area contributed by atoms with Crippen LogP contribution in [0.4, 0.5) is 10.1 Å². The zero-order chi connectivity index (χ0) is 20.1. The Labute approximate surface area is 163 Å². The van der Waals surface area contributed by atoms with Crippen LogP contribution in [0.3, 0.4) is 0 Å². The minimum absolute atomic E-state index is 0.0192. The molecule has 0 atom stereocenters. The number of hydrogen-bond donors (Lipinski definition) is 1. The van der Waals surface area contributed by atoms with Crippen molar-refractivity contribution in [1.29, 1.82) is 0 Å². The minimum Gasteiger partial charge on any atom is -0.491 e. The predicted molar refractivity (Wildman–Crippen MR) is 105 cm³/mol. The van der Waals surface area contributed by atoms with Crippen LogP contribution in [0.2, 0.25) is 0 Å². The summed E-state index contributed by atoms with van der Waals surface area (Å²) in [5.41, 5.74) is 1.56. The van der Waals surface area contributed by atoms with E-state index in [-0.39, 0.29) is 18.2 Å². The average molecular weight is 388 g/mol. The molecule has 0 aliphatic carbocycles. The van der Waals surface area contributed by atoms with Gasteiger partial charge in [0.15, 0.2) is 17.5 Å². The van der Waals surface area contributed by atoms with Crippen molar-refractivity contribution >= 4 is 17.6 Å². The molecule has 0 unspecified atom stereocenters. The van der Waals surface area contributed by atoms with Crippen molar-refractivity contribution in [2.45, 2.75) is 13.5 Å². The van der Waals surface area contributed by atoms with Crippen LogP contribution in [0, 0.1) is 5.82 Å². The number of aryl methyl sites for hydroxylation is 1. The monoisotopic (exact) mass is 388 g/mol. The second-order valence-corrected chi connectivity index (χ2v) is 6.44. The summed E-state index contributed by atoms with van der Waals surface area (Å²) in [6.07, 6.45) is 3.50. The molecule has 1 aliphatic rings. The zero-order valence-electron chi connectivity index (χ0n) is 16.4. The van der Waals surface area contributed by atoms with Gasteiger partial charge in [-0.25, -0.2) is 4.39 Å². The standard InChI is InChI=1S/C19H25FN6O2/c1-4-28-17-6-5-14(9-16(17)20)10-22-19(21-2)25-7-8-26(18(27)13-25)15-11-23-24(3)12-15/h5-6,9,11-12H,4,7-8,10,13H2,1-3H3,(H,21,22). The lowest BCUT2D eigenvalue weighted by molar-refractivity contribution is -0.120. The Morgan fingerprint density at radius 3 is 2.82 bits per heavy atom. The van der Waals surface area contributed by atoms with Crippen LogP contribution in [0.1, 0.15) is 12.5 Å². The number of halogens is 1. The van der Waals surface area contributed by atoms with Gasteiger partial charge in [-0.15, -0.1) is 0 Å². The summed E-state index contributed by atoms with van der Waals surface area (Å²) in [4.78, 5) is 20.4. The molecular formula is C19H25FN6O2. The lowest BCUT2D eigenvalue weighted by atomic mass is 10.2. The summed E-state index contributed by atoms with van der Waals surface area (Å²) >= 11 is 0. The molecule has 8 nitrogen and oxygen atoms in total. The van der Waals surface area contributed by atoms with Crippen LogP contribution in [0.5, 0.6) is 5.75 Å². The van der Waals surface area contributed by atoms with E-state index in [1.807, 2.05) is 25.1 Å². The van der Waals surface area contributed by atoms with Gasteiger partial charge >= 0.3 is 0 Å². The fraction of sp³-hybridized carbons (Fsp3) is 0.421. The summed E-state index contributed by atoms with van der Waals surface area (Å²) in [5.74, 6) is 0.437. The van der Waals surface area contributed by atoms with Crippen LogP contribution in [-0.2, 0) is 18.4 Å². The summed E-state index contributed by atoms with van der Waals surface area (Å²) in [6, 6.07) is 4.87. The van der Waals surface area contributed by atoms with E-state index in [4.69, 9.17) is 4.74 Å². The zero-order valence-corrected chi connectivity index (χ0v) is 16.4. The van der Waals surface area contributed by atoms with Crippen molar-refractivity contribution < 1.29 is 13.9 Å². The highest BCUT2D eigenvalue weighted by molar-refractivity contribution is 5.98. The Morgan fingerprint density at radius 2 is 2.21 bits per heavy atom. The molecule has 150 valence electrons. The van der Waals surface area contributed by atoms with Crippen molar-refractivity contribution in [2.24, 2.45) is 12.0 Å². The normalized spacial score (nSPS) is 15.1. The molecule has 9 heteroatoms.